The summed E-state index contributed by atoms with van der Waals surface area (Å²) in [5.74, 6) is -3.62. The van der Waals surface area contributed by atoms with Crippen LogP contribution in [0.4, 0.5) is 0 Å². The number of benzene rings is 1. The van der Waals surface area contributed by atoms with Crippen LogP contribution in [0.15, 0.2) is 30.3 Å². The lowest BCUT2D eigenvalue weighted by Gasteiger charge is -2.24. The molecule has 0 saturated carbocycles. The van der Waals surface area contributed by atoms with E-state index >= 15 is 0 Å². The van der Waals surface area contributed by atoms with Gasteiger partial charge >= 0.3 is 5.97 Å². The van der Waals surface area contributed by atoms with Crippen LogP contribution in [0.5, 0.6) is 0 Å². The molecule has 0 spiro atoms. The van der Waals surface area contributed by atoms with Gasteiger partial charge in [0.05, 0.1) is 13.2 Å². The van der Waals surface area contributed by atoms with Crippen molar-refractivity contribution in [3.63, 3.8) is 0 Å². The van der Waals surface area contributed by atoms with E-state index in [1.54, 1.807) is 24.3 Å². The predicted octanol–water partition coefficient (Wildman–Crippen LogP) is -1.55. The topological polar surface area (TPSA) is 203 Å². The molecule has 0 aliphatic carbocycles. The fourth-order valence-electron chi connectivity index (χ4n) is 3.06. The molecule has 194 valence electrons. The molecule has 35 heavy (non-hydrogen) atoms. The van der Waals surface area contributed by atoms with Crippen LogP contribution in [0.25, 0.3) is 0 Å². The second-order valence-electron chi connectivity index (χ2n) is 8.36. The number of esters is 1. The summed E-state index contributed by atoms with van der Waals surface area (Å²) in [6.07, 6.45) is -0.0731. The Labute approximate surface area is 204 Å². The second-order valence-corrected chi connectivity index (χ2v) is 8.36. The molecule has 0 radical (unpaired) electrons. The molecule has 8 N–H and O–H groups in total. The number of nitrogens with one attached hydrogen (secondary N) is 3. The monoisotopic (exact) mass is 493 g/mol. The van der Waals surface area contributed by atoms with Crippen LogP contribution in [-0.4, -0.2) is 66.0 Å². The van der Waals surface area contributed by atoms with Crippen molar-refractivity contribution < 1.29 is 33.8 Å². The Bertz CT molecular complexity index is 863. The van der Waals surface area contributed by atoms with Gasteiger partial charge < -0.3 is 37.3 Å². The van der Waals surface area contributed by atoms with Gasteiger partial charge in [-0.25, -0.2) is 4.79 Å². The maximum atomic E-state index is 12.8. The highest BCUT2D eigenvalue weighted by Crippen LogP contribution is 2.09. The largest absolute Gasteiger partial charge is 0.459 e. The molecule has 0 aliphatic heterocycles. The van der Waals surface area contributed by atoms with Crippen molar-refractivity contribution in [2.75, 3.05) is 13.2 Å². The number of carbonyl (C=O) groups excluding carboxylic acids is 5. The molecule has 0 bridgehead atoms. The summed E-state index contributed by atoms with van der Waals surface area (Å²) in [7, 11) is 0. The fourth-order valence-corrected chi connectivity index (χ4v) is 3.06. The zero-order valence-corrected chi connectivity index (χ0v) is 20.0. The van der Waals surface area contributed by atoms with Crippen LogP contribution in [0.2, 0.25) is 0 Å². The smallest absolute Gasteiger partial charge is 0.328 e. The molecule has 0 unspecified atom stereocenters. The number of ether oxygens (including phenoxy) is 1. The molecule has 0 heterocycles. The second kappa shape index (κ2) is 15.4. The van der Waals surface area contributed by atoms with Gasteiger partial charge in [-0.15, -0.1) is 0 Å². The lowest BCUT2D eigenvalue weighted by molar-refractivity contribution is -0.150. The Morgan fingerprint density at radius 2 is 1.54 bits per heavy atom. The number of amides is 4. The summed E-state index contributed by atoms with van der Waals surface area (Å²) in [6, 6.07) is 5.37. The normalized spacial score (nSPS) is 13.3. The minimum Gasteiger partial charge on any atom is -0.459 e. The van der Waals surface area contributed by atoms with Gasteiger partial charge in [0.25, 0.3) is 0 Å². The first-order valence-corrected chi connectivity index (χ1v) is 11.3. The molecule has 0 fully saturated rings. The average molecular weight is 494 g/mol. The van der Waals surface area contributed by atoms with Crippen molar-refractivity contribution >= 4 is 29.6 Å². The highest BCUT2D eigenvalue weighted by Gasteiger charge is 2.30. The first kappa shape index (κ1) is 29.5. The minimum atomic E-state index is -1.43. The van der Waals surface area contributed by atoms with E-state index in [1.807, 2.05) is 19.9 Å². The Morgan fingerprint density at radius 3 is 2.09 bits per heavy atom. The van der Waals surface area contributed by atoms with Crippen molar-refractivity contribution in [2.45, 2.75) is 57.8 Å². The van der Waals surface area contributed by atoms with Gasteiger partial charge in [0.2, 0.25) is 23.6 Å². The van der Waals surface area contributed by atoms with Gasteiger partial charge in [0, 0.05) is 6.42 Å². The van der Waals surface area contributed by atoms with Gasteiger partial charge in [-0.2, -0.15) is 0 Å². The first-order chi connectivity index (χ1) is 16.6. The van der Waals surface area contributed by atoms with Crippen LogP contribution < -0.4 is 27.4 Å². The molecule has 4 amide bonds. The predicted molar refractivity (Wildman–Crippen MR) is 126 cm³/mol. The van der Waals surface area contributed by atoms with E-state index in [1.165, 1.54) is 0 Å². The third-order valence-corrected chi connectivity index (χ3v) is 4.86. The third-order valence-electron chi connectivity index (χ3n) is 4.86. The Kier molecular flexibility index (Phi) is 13.0. The van der Waals surface area contributed by atoms with Crippen molar-refractivity contribution in [1.29, 1.82) is 0 Å². The summed E-state index contributed by atoms with van der Waals surface area (Å²) >= 11 is 0. The fraction of sp³-hybridized carbons (Fsp3) is 0.522. The maximum Gasteiger partial charge on any atom is 0.328 e. The number of carbonyl (C=O) groups is 5. The molecule has 12 nitrogen and oxygen atoms in total. The van der Waals surface area contributed by atoms with E-state index in [0.29, 0.717) is 0 Å². The quantitative estimate of drug-likeness (QED) is 0.157. The highest BCUT2D eigenvalue weighted by molar-refractivity contribution is 5.94. The van der Waals surface area contributed by atoms with E-state index in [-0.39, 0.29) is 31.8 Å². The van der Waals surface area contributed by atoms with Crippen LogP contribution in [0, 0.1) is 5.92 Å². The molecule has 12 heteroatoms. The SMILES string of the molecule is CC(C)C[C@H](NC(=O)[C@H](CO)NC(=O)[C@H](CCC(N)=O)NC(=O)CN)C(=O)OCc1ccccc1. The third kappa shape index (κ3) is 11.5. The summed E-state index contributed by atoms with van der Waals surface area (Å²) in [5.41, 5.74) is 11.1. The number of hydrogen-bond acceptors (Lipinski definition) is 8. The van der Waals surface area contributed by atoms with Crippen molar-refractivity contribution in [1.82, 2.24) is 16.0 Å². The average Bonchev–Trinajstić information content (AvgIpc) is 2.82. The van der Waals surface area contributed by atoms with E-state index in [9.17, 15) is 29.1 Å². The maximum absolute atomic E-state index is 12.8. The molecular formula is C23H35N5O7. The minimum absolute atomic E-state index is 0.0205. The van der Waals surface area contributed by atoms with Crippen molar-refractivity contribution in [2.24, 2.45) is 17.4 Å². The summed E-state index contributed by atoms with van der Waals surface area (Å²) in [4.78, 5) is 60.8. The van der Waals surface area contributed by atoms with E-state index < -0.39 is 60.9 Å². The molecule has 1 rings (SSSR count). The standard InChI is InChI=1S/C23H35N5O7/c1-14(2)10-17(23(34)35-13-15-6-4-3-5-7-15)27-22(33)18(12-29)28-21(32)16(8-9-19(25)30)26-20(31)11-24/h3-7,14,16-18,29H,8-13,24H2,1-2H3,(H2,25,30)(H,26,31)(H,27,33)(H,28,32)/t16-,17-,18-/m0/s1. The van der Waals surface area contributed by atoms with Crippen LogP contribution in [0.3, 0.4) is 0 Å². The molecule has 0 aromatic heterocycles. The Hall–Kier alpha value is -3.51. The number of aliphatic hydroxyl groups excluding tert-OH is 1. The molecule has 1 aromatic carbocycles. The summed E-state index contributed by atoms with van der Waals surface area (Å²) in [5, 5.41) is 16.8. The molecule has 3 atom stereocenters. The van der Waals surface area contributed by atoms with E-state index in [2.05, 4.69) is 16.0 Å². The van der Waals surface area contributed by atoms with Crippen molar-refractivity contribution in [3.8, 4) is 0 Å². The zero-order chi connectivity index (χ0) is 26.4. The molecule has 1 aromatic rings. The highest BCUT2D eigenvalue weighted by atomic mass is 16.5. The van der Waals surface area contributed by atoms with Crippen LogP contribution >= 0.6 is 0 Å². The number of rotatable bonds is 15. The lowest BCUT2D eigenvalue weighted by Crippen LogP contribution is -2.57. The number of aliphatic hydroxyl groups is 1. The Morgan fingerprint density at radius 1 is 0.943 bits per heavy atom. The summed E-state index contributed by atoms with van der Waals surface area (Å²) in [6.45, 7) is 2.56. The van der Waals surface area contributed by atoms with Gasteiger partial charge in [-0.05, 0) is 24.3 Å². The molecular weight excluding hydrogens is 458 g/mol. The van der Waals surface area contributed by atoms with E-state index in [0.717, 1.165) is 5.56 Å². The first-order valence-electron chi connectivity index (χ1n) is 11.3. The van der Waals surface area contributed by atoms with Crippen LogP contribution in [0.1, 0.15) is 38.7 Å². The molecule has 0 aliphatic rings. The number of hydrogen-bond donors (Lipinski definition) is 6. The van der Waals surface area contributed by atoms with Crippen LogP contribution in [-0.2, 0) is 35.3 Å². The Balaban J connectivity index is 2.84. The summed E-state index contributed by atoms with van der Waals surface area (Å²) < 4.78 is 5.33. The van der Waals surface area contributed by atoms with Gasteiger partial charge in [-0.3, -0.25) is 19.2 Å². The number of nitrogens with two attached hydrogens (primary N) is 2. The van der Waals surface area contributed by atoms with Gasteiger partial charge in [0.1, 0.15) is 24.7 Å². The number of primary amides is 1. The van der Waals surface area contributed by atoms with Gasteiger partial charge in [-0.1, -0.05) is 44.2 Å². The van der Waals surface area contributed by atoms with Gasteiger partial charge in [0.15, 0.2) is 0 Å². The molecule has 0 saturated heterocycles. The van der Waals surface area contributed by atoms with Crippen molar-refractivity contribution in [3.05, 3.63) is 35.9 Å². The van der Waals surface area contributed by atoms with E-state index in [4.69, 9.17) is 16.2 Å². The lowest BCUT2D eigenvalue weighted by atomic mass is 10.0. The zero-order valence-electron chi connectivity index (χ0n) is 20.0.